The predicted molar refractivity (Wildman–Crippen MR) is 80.8 cm³/mol. The maximum absolute atomic E-state index is 10.8. The molecule has 2 heterocycles. The van der Waals surface area contributed by atoms with Crippen LogP contribution in [0.3, 0.4) is 0 Å². The van der Waals surface area contributed by atoms with Crippen molar-refractivity contribution in [1.29, 1.82) is 0 Å². The van der Waals surface area contributed by atoms with Gasteiger partial charge in [-0.15, -0.1) is 0 Å². The minimum atomic E-state index is -0.336. The molecular formula is C15H21N3O3. The Kier molecular flexibility index (Phi) is 4.07. The number of ether oxygens (including phenoxy) is 1. The van der Waals surface area contributed by atoms with Gasteiger partial charge in [-0.2, -0.15) is 0 Å². The number of nitro groups is 1. The summed E-state index contributed by atoms with van der Waals surface area (Å²) in [4.78, 5) is 15.3. The van der Waals surface area contributed by atoms with Gasteiger partial charge in [-0.05, 0) is 25.0 Å². The van der Waals surface area contributed by atoms with E-state index in [-0.39, 0.29) is 10.6 Å². The first kappa shape index (κ1) is 14.3. The van der Waals surface area contributed by atoms with Gasteiger partial charge in [-0.25, -0.2) is 0 Å². The molecule has 2 aliphatic heterocycles. The van der Waals surface area contributed by atoms with Crippen molar-refractivity contribution in [2.24, 2.45) is 0 Å². The number of benzene rings is 1. The second-order valence-corrected chi connectivity index (χ2v) is 5.76. The van der Waals surface area contributed by atoms with E-state index in [0.717, 1.165) is 57.1 Å². The van der Waals surface area contributed by atoms with Gasteiger partial charge in [0.2, 0.25) is 0 Å². The van der Waals surface area contributed by atoms with Crippen molar-refractivity contribution in [1.82, 2.24) is 4.90 Å². The average molecular weight is 291 g/mol. The molecule has 21 heavy (non-hydrogen) atoms. The van der Waals surface area contributed by atoms with Crippen LogP contribution >= 0.6 is 0 Å². The summed E-state index contributed by atoms with van der Waals surface area (Å²) in [5, 5.41) is 10.8. The Morgan fingerprint density at radius 1 is 1.29 bits per heavy atom. The van der Waals surface area contributed by atoms with Gasteiger partial charge in [-0.1, -0.05) is 0 Å². The lowest BCUT2D eigenvalue weighted by Gasteiger charge is -2.32. The van der Waals surface area contributed by atoms with E-state index in [0.29, 0.717) is 6.04 Å². The summed E-state index contributed by atoms with van der Waals surface area (Å²) in [5.74, 6) is 0. The maximum Gasteiger partial charge on any atom is 0.269 e. The fraction of sp³-hybridized carbons (Fsp3) is 0.600. The largest absolute Gasteiger partial charge is 0.379 e. The monoisotopic (exact) mass is 291 g/mol. The molecule has 2 fully saturated rings. The second-order valence-electron chi connectivity index (χ2n) is 5.76. The van der Waals surface area contributed by atoms with Crippen LogP contribution in [0.1, 0.15) is 12.0 Å². The van der Waals surface area contributed by atoms with Crippen LogP contribution in [0.5, 0.6) is 0 Å². The summed E-state index contributed by atoms with van der Waals surface area (Å²) >= 11 is 0. The molecule has 0 saturated carbocycles. The lowest BCUT2D eigenvalue weighted by Crippen LogP contribution is -2.44. The van der Waals surface area contributed by atoms with E-state index in [9.17, 15) is 10.1 Å². The fourth-order valence-corrected chi connectivity index (χ4v) is 3.31. The molecule has 1 atom stereocenters. The number of non-ortho nitro benzene ring substituents is 1. The molecule has 0 radical (unpaired) electrons. The van der Waals surface area contributed by atoms with Crippen LogP contribution in [0.25, 0.3) is 0 Å². The molecule has 6 heteroatoms. The number of nitrogens with zero attached hydrogens (tertiary/aromatic N) is 3. The third-order valence-corrected chi connectivity index (χ3v) is 4.46. The van der Waals surface area contributed by atoms with Crippen molar-refractivity contribution < 1.29 is 9.66 Å². The van der Waals surface area contributed by atoms with Crippen molar-refractivity contribution >= 4 is 11.4 Å². The number of hydrogen-bond donors (Lipinski definition) is 0. The molecule has 0 bridgehead atoms. The minimum absolute atomic E-state index is 0.167. The van der Waals surface area contributed by atoms with Crippen molar-refractivity contribution in [2.45, 2.75) is 19.4 Å². The van der Waals surface area contributed by atoms with E-state index in [1.807, 2.05) is 13.0 Å². The Morgan fingerprint density at radius 3 is 2.71 bits per heavy atom. The number of rotatable bonds is 3. The van der Waals surface area contributed by atoms with E-state index in [1.165, 1.54) is 0 Å². The van der Waals surface area contributed by atoms with E-state index < -0.39 is 0 Å². The smallest absolute Gasteiger partial charge is 0.269 e. The van der Waals surface area contributed by atoms with Gasteiger partial charge < -0.3 is 9.64 Å². The molecule has 0 amide bonds. The van der Waals surface area contributed by atoms with Gasteiger partial charge in [0.05, 0.1) is 18.1 Å². The minimum Gasteiger partial charge on any atom is -0.379 e. The summed E-state index contributed by atoms with van der Waals surface area (Å²) in [7, 11) is 0. The predicted octanol–water partition coefficient (Wildman–Crippen LogP) is 1.81. The molecule has 0 spiro atoms. The molecule has 1 unspecified atom stereocenters. The van der Waals surface area contributed by atoms with Crippen LogP contribution in [-0.4, -0.2) is 55.3 Å². The van der Waals surface area contributed by atoms with E-state index in [4.69, 9.17) is 4.74 Å². The lowest BCUT2D eigenvalue weighted by atomic mass is 10.1. The first-order chi connectivity index (χ1) is 10.1. The number of anilines is 1. The van der Waals surface area contributed by atoms with Crippen LogP contribution in [0.15, 0.2) is 18.2 Å². The van der Waals surface area contributed by atoms with Crippen LogP contribution in [0, 0.1) is 17.0 Å². The Morgan fingerprint density at radius 2 is 2.05 bits per heavy atom. The molecule has 3 rings (SSSR count). The van der Waals surface area contributed by atoms with Crippen molar-refractivity contribution in [3.05, 3.63) is 33.9 Å². The van der Waals surface area contributed by atoms with Gasteiger partial charge >= 0.3 is 0 Å². The average Bonchev–Trinajstić information content (AvgIpc) is 2.97. The maximum atomic E-state index is 10.8. The highest BCUT2D eigenvalue weighted by Gasteiger charge is 2.29. The number of nitro benzene ring substituents is 1. The normalized spacial score (nSPS) is 23.5. The molecule has 2 aliphatic rings. The van der Waals surface area contributed by atoms with Gasteiger partial charge in [0.15, 0.2) is 0 Å². The molecule has 1 aromatic carbocycles. The second kappa shape index (κ2) is 5.99. The number of hydrogen-bond acceptors (Lipinski definition) is 5. The summed E-state index contributed by atoms with van der Waals surface area (Å²) in [6.45, 7) is 7.64. The summed E-state index contributed by atoms with van der Waals surface area (Å²) in [6, 6.07) is 5.72. The number of morpholine rings is 1. The van der Waals surface area contributed by atoms with Gasteiger partial charge in [-0.3, -0.25) is 15.0 Å². The lowest BCUT2D eigenvalue weighted by molar-refractivity contribution is -0.384. The third kappa shape index (κ3) is 3.01. The SMILES string of the molecule is Cc1cc([N+](=O)[O-])ccc1N1CCC(N2CCOCC2)C1. The Bertz CT molecular complexity index is 529. The fourth-order valence-electron chi connectivity index (χ4n) is 3.31. The number of aryl methyl sites for hydroxylation is 1. The summed E-state index contributed by atoms with van der Waals surface area (Å²) < 4.78 is 5.41. The molecule has 2 saturated heterocycles. The van der Waals surface area contributed by atoms with Gasteiger partial charge in [0.1, 0.15) is 0 Å². The standard InChI is InChI=1S/C15H21N3O3/c1-12-10-13(18(19)20)2-3-15(12)17-5-4-14(11-17)16-6-8-21-9-7-16/h2-3,10,14H,4-9,11H2,1H3. The Labute approximate surface area is 124 Å². The Balaban J connectivity index is 1.69. The zero-order valence-corrected chi connectivity index (χ0v) is 12.3. The van der Waals surface area contributed by atoms with Crippen molar-refractivity contribution in [3.8, 4) is 0 Å². The topological polar surface area (TPSA) is 58.9 Å². The van der Waals surface area contributed by atoms with Crippen LogP contribution in [0.4, 0.5) is 11.4 Å². The van der Waals surface area contributed by atoms with E-state index in [1.54, 1.807) is 12.1 Å². The zero-order valence-electron chi connectivity index (χ0n) is 12.3. The van der Waals surface area contributed by atoms with E-state index >= 15 is 0 Å². The van der Waals surface area contributed by atoms with Crippen molar-refractivity contribution in [2.75, 3.05) is 44.3 Å². The molecule has 114 valence electrons. The van der Waals surface area contributed by atoms with Gasteiger partial charge in [0, 0.05) is 50.0 Å². The highest BCUT2D eigenvalue weighted by Crippen LogP contribution is 2.29. The van der Waals surface area contributed by atoms with Crippen LogP contribution in [-0.2, 0) is 4.74 Å². The van der Waals surface area contributed by atoms with E-state index in [2.05, 4.69) is 9.80 Å². The van der Waals surface area contributed by atoms with Crippen LogP contribution < -0.4 is 4.90 Å². The van der Waals surface area contributed by atoms with Gasteiger partial charge in [0.25, 0.3) is 5.69 Å². The zero-order chi connectivity index (χ0) is 14.8. The Hall–Kier alpha value is -1.66. The first-order valence-corrected chi connectivity index (χ1v) is 7.47. The highest BCUT2D eigenvalue weighted by atomic mass is 16.6. The summed E-state index contributed by atoms with van der Waals surface area (Å²) in [6.07, 6.45) is 1.15. The van der Waals surface area contributed by atoms with Crippen molar-refractivity contribution in [3.63, 3.8) is 0 Å². The molecule has 1 aromatic rings. The molecule has 6 nitrogen and oxygen atoms in total. The summed E-state index contributed by atoms with van der Waals surface area (Å²) in [5.41, 5.74) is 2.27. The van der Waals surface area contributed by atoms with Crippen LogP contribution in [0.2, 0.25) is 0 Å². The molecule has 0 aliphatic carbocycles. The quantitative estimate of drug-likeness (QED) is 0.628. The molecule has 0 aromatic heterocycles. The third-order valence-electron chi connectivity index (χ3n) is 4.46. The molecule has 0 N–H and O–H groups in total. The first-order valence-electron chi connectivity index (χ1n) is 7.47. The highest BCUT2D eigenvalue weighted by molar-refractivity contribution is 5.58. The molecular weight excluding hydrogens is 270 g/mol.